The molecule has 2 unspecified atom stereocenters. The summed E-state index contributed by atoms with van der Waals surface area (Å²) in [7, 11) is 0. The average molecular weight is 501 g/mol. The standard InChI is InChI=1S/C31H40N4O2/c1-24-14-15-25(2)28(22-24)35-20-18-34(19-21-35)17-9-16-32-31(37)30(27-12-7-4-8-13-27)33-29(36)23-26-10-5-3-6-11-26/h3-8,10-15,22,29-30,33,36H,9,16-21,23H2,1-2H3,(H,32,37). The first kappa shape index (κ1) is 26.9. The van der Waals surface area contributed by atoms with Crippen molar-refractivity contribution < 1.29 is 9.90 Å². The Hall–Kier alpha value is -3.19. The molecule has 196 valence electrons. The number of rotatable bonds is 11. The highest BCUT2D eigenvalue weighted by Gasteiger charge is 2.23. The van der Waals surface area contributed by atoms with Crippen LogP contribution < -0.4 is 15.5 Å². The molecule has 1 aliphatic heterocycles. The largest absolute Gasteiger partial charge is 0.378 e. The van der Waals surface area contributed by atoms with E-state index >= 15 is 0 Å². The molecule has 4 rings (SSSR count). The molecule has 1 heterocycles. The molecule has 1 fully saturated rings. The van der Waals surface area contributed by atoms with Crippen molar-refractivity contribution >= 4 is 11.6 Å². The minimum atomic E-state index is -0.827. The van der Waals surface area contributed by atoms with Crippen molar-refractivity contribution in [1.82, 2.24) is 15.5 Å². The number of anilines is 1. The Labute approximate surface area is 221 Å². The van der Waals surface area contributed by atoms with E-state index in [0.29, 0.717) is 13.0 Å². The van der Waals surface area contributed by atoms with Gasteiger partial charge in [0.15, 0.2) is 0 Å². The summed E-state index contributed by atoms with van der Waals surface area (Å²) in [5.41, 5.74) is 5.84. The topological polar surface area (TPSA) is 67.8 Å². The third kappa shape index (κ3) is 7.89. The van der Waals surface area contributed by atoms with Crippen LogP contribution in [0.5, 0.6) is 0 Å². The van der Waals surface area contributed by atoms with Gasteiger partial charge in [-0.05, 0) is 55.1 Å². The summed E-state index contributed by atoms with van der Waals surface area (Å²) in [6.07, 6.45) is 0.501. The first-order valence-corrected chi connectivity index (χ1v) is 13.3. The van der Waals surface area contributed by atoms with Gasteiger partial charge in [-0.3, -0.25) is 15.0 Å². The number of benzene rings is 3. The van der Waals surface area contributed by atoms with E-state index in [1.807, 2.05) is 60.7 Å². The molecule has 0 saturated carbocycles. The van der Waals surface area contributed by atoms with E-state index in [9.17, 15) is 9.90 Å². The maximum Gasteiger partial charge on any atom is 0.241 e. The van der Waals surface area contributed by atoms with Crippen LogP contribution in [-0.2, 0) is 11.2 Å². The summed E-state index contributed by atoms with van der Waals surface area (Å²) in [4.78, 5) is 18.1. The molecule has 1 aliphatic rings. The van der Waals surface area contributed by atoms with Crippen LogP contribution in [0.1, 0.15) is 34.7 Å². The van der Waals surface area contributed by atoms with Gasteiger partial charge in [0.2, 0.25) is 5.91 Å². The van der Waals surface area contributed by atoms with Crippen molar-refractivity contribution in [2.75, 3.05) is 44.2 Å². The molecule has 1 saturated heterocycles. The Kier molecular flexibility index (Phi) is 9.71. The van der Waals surface area contributed by atoms with Gasteiger partial charge in [-0.15, -0.1) is 0 Å². The molecular formula is C31H40N4O2. The number of carbonyl (C=O) groups is 1. The van der Waals surface area contributed by atoms with Gasteiger partial charge < -0.3 is 15.3 Å². The SMILES string of the molecule is Cc1ccc(C)c(N2CCN(CCCNC(=O)C(NC(O)Cc3ccccc3)c3ccccc3)CC2)c1. The molecule has 0 aromatic heterocycles. The smallest absolute Gasteiger partial charge is 0.241 e. The summed E-state index contributed by atoms with van der Waals surface area (Å²) in [5, 5.41) is 16.9. The first-order chi connectivity index (χ1) is 18.0. The highest BCUT2D eigenvalue weighted by atomic mass is 16.3. The molecule has 1 amide bonds. The lowest BCUT2D eigenvalue weighted by atomic mass is 10.0. The van der Waals surface area contributed by atoms with Gasteiger partial charge >= 0.3 is 0 Å². The van der Waals surface area contributed by atoms with Gasteiger partial charge in [-0.2, -0.15) is 0 Å². The Morgan fingerprint density at radius 3 is 2.30 bits per heavy atom. The second kappa shape index (κ2) is 13.4. The number of nitrogens with zero attached hydrogens (tertiary/aromatic N) is 2. The number of carbonyl (C=O) groups excluding carboxylic acids is 1. The van der Waals surface area contributed by atoms with Gasteiger partial charge in [0.25, 0.3) is 0 Å². The highest BCUT2D eigenvalue weighted by Crippen LogP contribution is 2.23. The zero-order valence-electron chi connectivity index (χ0n) is 22.1. The molecule has 37 heavy (non-hydrogen) atoms. The van der Waals surface area contributed by atoms with Crippen LogP contribution >= 0.6 is 0 Å². The summed E-state index contributed by atoms with van der Waals surface area (Å²) in [6.45, 7) is 10.0. The molecule has 0 radical (unpaired) electrons. The number of nitrogens with one attached hydrogen (secondary N) is 2. The van der Waals surface area contributed by atoms with E-state index in [-0.39, 0.29) is 5.91 Å². The molecule has 0 spiro atoms. The lowest BCUT2D eigenvalue weighted by Gasteiger charge is -2.37. The second-order valence-corrected chi connectivity index (χ2v) is 9.98. The van der Waals surface area contributed by atoms with Gasteiger partial charge in [-0.1, -0.05) is 72.8 Å². The van der Waals surface area contributed by atoms with E-state index in [1.54, 1.807) is 0 Å². The summed E-state index contributed by atoms with van der Waals surface area (Å²) < 4.78 is 0. The van der Waals surface area contributed by atoms with E-state index in [2.05, 4.69) is 52.5 Å². The number of piperazine rings is 1. The third-order valence-electron chi connectivity index (χ3n) is 7.05. The van der Waals surface area contributed by atoms with Crippen LogP contribution in [0.3, 0.4) is 0 Å². The molecule has 6 nitrogen and oxygen atoms in total. The number of aryl methyl sites for hydroxylation is 2. The first-order valence-electron chi connectivity index (χ1n) is 13.3. The number of amides is 1. The van der Waals surface area contributed by atoms with Crippen molar-refractivity contribution in [3.63, 3.8) is 0 Å². The fourth-order valence-electron chi connectivity index (χ4n) is 4.95. The fourth-order valence-corrected chi connectivity index (χ4v) is 4.95. The van der Waals surface area contributed by atoms with Gasteiger partial charge in [0.1, 0.15) is 12.3 Å². The fraction of sp³-hybridized carbons (Fsp3) is 0.387. The number of hydrogen-bond donors (Lipinski definition) is 3. The van der Waals surface area contributed by atoms with Crippen LogP contribution in [0.15, 0.2) is 78.9 Å². The predicted molar refractivity (Wildman–Crippen MR) is 151 cm³/mol. The summed E-state index contributed by atoms with van der Waals surface area (Å²) >= 11 is 0. The quantitative estimate of drug-likeness (QED) is 0.276. The third-order valence-corrected chi connectivity index (χ3v) is 7.05. The van der Waals surface area contributed by atoms with Gasteiger partial charge in [0.05, 0.1) is 0 Å². The molecule has 3 aromatic rings. The molecule has 3 aromatic carbocycles. The van der Waals surface area contributed by atoms with E-state index < -0.39 is 12.3 Å². The van der Waals surface area contributed by atoms with Crippen LogP contribution in [0.4, 0.5) is 5.69 Å². The zero-order chi connectivity index (χ0) is 26.0. The minimum absolute atomic E-state index is 0.113. The van der Waals surface area contributed by atoms with Crippen molar-refractivity contribution in [3.8, 4) is 0 Å². The zero-order valence-corrected chi connectivity index (χ0v) is 22.1. The monoisotopic (exact) mass is 500 g/mol. The highest BCUT2D eigenvalue weighted by molar-refractivity contribution is 5.83. The molecule has 6 heteroatoms. The maximum atomic E-state index is 13.1. The lowest BCUT2D eigenvalue weighted by Crippen LogP contribution is -2.47. The Balaban J connectivity index is 1.23. The van der Waals surface area contributed by atoms with Crippen LogP contribution in [0.25, 0.3) is 0 Å². The van der Waals surface area contributed by atoms with Crippen molar-refractivity contribution in [2.45, 2.75) is 39.0 Å². The average Bonchev–Trinajstić information content (AvgIpc) is 2.92. The maximum absolute atomic E-state index is 13.1. The summed E-state index contributed by atoms with van der Waals surface area (Å²) in [6, 6.07) is 25.5. The van der Waals surface area contributed by atoms with E-state index in [4.69, 9.17) is 0 Å². The van der Waals surface area contributed by atoms with Crippen LogP contribution in [0, 0.1) is 13.8 Å². The second-order valence-electron chi connectivity index (χ2n) is 9.98. The van der Waals surface area contributed by atoms with Gasteiger partial charge in [-0.25, -0.2) is 0 Å². The molecule has 0 aliphatic carbocycles. The minimum Gasteiger partial charge on any atom is -0.378 e. The van der Waals surface area contributed by atoms with Crippen LogP contribution in [0.2, 0.25) is 0 Å². The van der Waals surface area contributed by atoms with Crippen molar-refractivity contribution in [1.29, 1.82) is 0 Å². The number of hydrogen-bond acceptors (Lipinski definition) is 5. The van der Waals surface area contributed by atoms with E-state index in [1.165, 1.54) is 16.8 Å². The predicted octanol–water partition coefficient (Wildman–Crippen LogP) is 3.82. The Morgan fingerprint density at radius 2 is 1.59 bits per heavy atom. The normalized spacial score (nSPS) is 15.8. The number of aliphatic hydroxyl groups excluding tert-OH is 1. The summed E-state index contributed by atoms with van der Waals surface area (Å²) in [5.74, 6) is -0.113. The van der Waals surface area contributed by atoms with Gasteiger partial charge in [0, 0.05) is 44.8 Å². The Bertz CT molecular complexity index is 1110. The molecule has 0 bridgehead atoms. The van der Waals surface area contributed by atoms with Crippen molar-refractivity contribution in [3.05, 3.63) is 101 Å². The molecule has 3 N–H and O–H groups in total. The molecule has 2 atom stereocenters. The number of aliphatic hydroxyl groups is 1. The molecular weight excluding hydrogens is 460 g/mol. The van der Waals surface area contributed by atoms with Crippen molar-refractivity contribution in [2.24, 2.45) is 0 Å². The van der Waals surface area contributed by atoms with E-state index in [0.717, 1.165) is 50.3 Å². The Morgan fingerprint density at radius 1 is 0.919 bits per heavy atom. The lowest BCUT2D eigenvalue weighted by molar-refractivity contribution is -0.124. The van der Waals surface area contributed by atoms with Crippen LogP contribution in [-0.4, -0.2) is 61.4 Å².